The number of rotatable bonds is 7. The lowest BCUT2D eigenvalue weighted by atomic mass is 10.2. The monoisotopic (exact) mass is 272 g/mol. The van der Waals surface area contributed by atoms with E-state index in [4.69, 9.17) is 0 Å². The quantitative estimate of drug-likeness (QED) is 0.713. The van der Waals surface area contributed by atoms with Gasteiger partial charge in [0.1, 0.15) is 0 Å². The predicted molar refractivity (Wildman–Crippen MR) is 79.3 cm³/mol. The first-order valence-corrected chi connectivity index (χ1v) is 8.67. The molecule has 2 saturated heterocycles. The van der Waals surface area contributed by atoms with Gasteiger partial charge in [0.2, 0.25) is 0 Å². The fraction of sp³-hybridized carbons (Fsp3) is 1.00. The van der Waals surface area contributed by atoms with Crippen molar-refractivity contribution in [3.8, 4) is 0 Å². The molecule has 2 unspecified atom stereocenters. The van der Waals surface area contributed by atoms with Gasteiger partial charge in [-0.2, -0.15) is 11.8 Å². The third-order valence-corrected chi connectivity index (χ3v) is 5.26. The number of hydrogen-bond donors (Lipinski definition) is 1. The zero-order chi connectivity index (χ0) is 12.8. The molecule has 3 nitrogen and oxygen atoms in total. The van der Waals surface area contributed by atoms with Crippen LogP contribution in [0.15, 0.2) is 0 Å². The van der Waals surface area contributed by atoms with Crippen LogP contribution in [0.2, 0.25) is 0 Å². The minimum absolute atomic E-state index is 0.346. The van der Waals surface area contributed by atoms with E-state index in [-0.39, 0.29) is 0 Å². The highest BCUT2D eigenvalue weighted by atomic mass is 32.2. The van der Waals surface area contributed by atoms with Crippen LogP contribution in [-0.4, -0.2) is 71.3 Å². The van der Waals surface area contributed by atoms with Crippen LogP contribution in [0.3, 0.4) is 0 Å². The van der Waals surface area contributed by atoms with Gasteiger partial charge < -0.3 is 5.11 Å². The molecule has 0 aromatic heterocycles. The molecule has 0 amide bonds. The van der Waals surface area contributed by atoms with Gasteiger partial charge in [-0.1, -0.05) is 6.92 Å². The number of likely N-dealkylation sites (tertiary alicyclic amines) is 2. The first kappa shape index (κ1) is 14.6. The van der Waals surface area contributed by atoms with Crippen LogP contribution in [0, 0.1) is 0 Å². The van der Waals surface area contributed by atoms with E-state index in [1.54, 1.807) is 0 Å². The van der Waals surface area contributed by atoms with Crippen LogP contribution < -0.4 is 0 Å². The standard InChI is InChI=1S/C14H28N2OS/c1-2-18-10-9-15-7-3-5-13(15)11-16-8-4-6-14(16)12-17/h13-14,17H,2-12H2,1H3. The van der Waals surface area contributed by atoms with E-state index in [1.165, 1.54) is 63.4 Å². The van der Waals surface area contributed by atoms with Crippen LogP contribution in [0.5, 0.6) is 0 Å². The van der Waals surface area contributed by atoms with Gasteiger partial charge in [-0.3, -0.25) is 9.80 Å². The second-order valence-electron chi connectivity index (χ2n) is 5.50. The maximum absolute atomic E-state index is 9.39. The molecule has 2 aliphatic heterocycles. The van der Waals surface area contributed by atoms with Gasteiger partial charge in [-0.15, -0.1) is 0 Å². The van der Waals surface area contributed by atoms with Crippen LogP contribution in [-0.2, 0) is 0 Å². The fourth-order valence-corrected chi connectivity index (χ4v) is 3.99. The minimum atomic E-state index is 0.346. The molecule has 0 aromatic carbocycles. The largest absolute Gasteiger partial charge is 0.395 e. The first-order valence-electron chi connectivity index (χ1n) is 7.51. The highest BCUT2D eigenvalue weighted by Gasteiger charge is 2.30. The molecule has 0 bridgehead atoms. The molecule has 1 N–H and O–H groups in total. The lowest BCUT2D eigenvalue weighted by Crippen LogP contribution is -2.44. The number of thioether (sulfide) groups is 1. The molecule has 0 radical (unpaired) electrons. The van der Waals surface area contributed by atoms with Crippen molar-refractivity contribution in [1.82, 2.24) is 9.80 Å². The van der Waals surface area contributed by atoms with Gasteiger partial charge in [0.05, 0.1) is 6.61 Å². The summed E-state index contributed by atoms with van der Waals surface area (Å²) in [6.45, 7) is 7.50. The van der Waals surface area contributed by atoms with E-state index in [0.717, 1.165) is 6.04 Å². The summed E-state index contributed by atoms with van der Waals surface area (Å²) in [5.41, 5.74) is 0. The maximum atomic E-state index is 9.39. The summed E-state index contributed by atoms with van der Waals surface area (Å²) in [4.78, 5) is 5.20. The van der Waals surface area contributed by atoms with Crippen LogP contribution in [0.25, 0.3) is 0 Å². The average Bonchev–Trinajstić information content (AvgIpc) is 3.00. The van der Waals surface area contributed by atoms with Crippen molar-refractivity contribution in [2.45, 2.75) is 44.7 Å². The van der Waals surface area contributed by atoms with Crippen molar-refractivity contribution in [3.63, 3.8) is 0 Å². The molecular weight excluding hydrogens is 244 g/mol. The molecule has 4 heteroatoms. The van der Waals surface area contributed by atoms with Crippen LogP contribution >= 0.6 is 11.8 Å². The van der Waals surface area contributed by atoms with Gasteiger partial charge >= 0.3 is 0 Å². The van der Waals surface area contributed by atoms with Gasteiger partial charge in [-0.05, 0) is 44.5 Å². The van der Waals surface area contributed by atoms with Crippen molar-refractivity contribution in [3.05, 3.63) is 0 Å². The van der Waals surface area contributed by atoms with Gasteiger partial charge in [0.15, 0.2) is 0 Å². The zero-order valence-electron chi connectivity index (χ0n) is 11.7. The number of aliphatic hydroxyl groups is 1. The smallest absolute Gasteiger partial charge is 0.0586 e. The van der Waals surface area contributed by atoms with Crippen molar-refractivity contribution in [2.24, 2.45) is 0 Å². The molecule has 2 rings (SSSR count). The summed E-state index contributed by atoms with van der Waals surface area (Å²) in [7, 11) is 0. The number of aliphatic hydroxyl groups excluding tert-OH is 1. The third-order valence-electron chi connectivity index (χ3n) is 4.38. The Labute approximate surface area is 116 Å². The van der Waals surface area contributed by atoms with Gasteiger partial charge in [-0.25, -0.2) is 0 Å². The van der Waals surface area contributed by atoms with Crippen molar-refractivity contribution < 1.29 is 5.11 Å². The SMILES string of the molecule is CCSCCN1CCCC1CN1CCCC1CO. The summed E-state index contributed by atoms with van der Waals surface area (Å²) < 4.78 is 0. The summed E-state index contributed by atoms with van der Waals surface area (Å²) in [5, 5.41) is 9.39. The molecule has 0 spiro atoms. The molecule has 106 valence electrons. The Hall–Kier alpha value is 0.230. The molecule has 0 aliphatic carbocycles. The molecule has 2 fully saturated rings. The summed E-state index contributed by atoms with van der Waals surface area (Å²) in [5.74, 6) is 2.51. The first-order chi connectivity index (χ1) is 8.85. The lowest BCUT2D eigenvalue weighted by molar-refractivity contribution is 0.125. The summed E-state index contributed by atoms with van der Waals surface area (Å²) >= 11 is 2.05. The van der Waals surface area contributed by atoms with E-state index in [2.05, 4.69) is 16.7 Å². The van der Waals surface area contributed by atoms with Gasteiger partial charge in [0, 0.05) is 30.9 Å². The molecule has 18 heavy (non-hydrogen) atoms. The highest BCUT2D eigenvalue weighted by Crippen LogP contribution is 2.23. The van der Waals surface area contributed by atoms with Crippen LogP contribution in [0.4, 0.5) is 0 Å². The molecular formula is C14H28N2OS. The molecule has 2 atom stereocenters. The Balaban J connectivity index is 1.76. The van der Waals surface area contributed by atoms with E-state index >= 15 is 0 Å². The van der Waals surface area contributed by atoms with E-state index in [9.17, 15) is 5.11 Å². The third kappa shape index (κ3) is 3.86. The molecule has 2 heterocycles. The molecule has 0 aromatic rings. The van der Waals surface area contributed by atoms with Crippen molar-refractivity contribution >= 4 is 11.8 Å². The second kappa shape index (κ2) is 7.73. The molecule has 2 aliphatic rings. The summed E-state index contributed by atoms with van der Waals surface area (Å²) in [6.07, 6.45) is 5.17. The Morgan fingerprint density at radius 1 is 1.11 bits per heavy atom. The predicted octanol–water partition coefficient (Wildman–Crippen LogP) is 1.66. The lowest BCUT2D eigenvalue weighted by Gasteiger charge is -2.31. The van der Waals surface area contributed by atoms with Gasteiger partial charge in [0.25, 0.3) is 0 Å². The zero-order valence-corrected chi connectivity index (χ0v) is 12.5. The summed E-state index contributed by atoms with van der Waals surface area (Å²) in [6, 6.07) is 1.19. The second-order valence-corrected chi connectivity index (χ2v) is 6.90. The Kier molecular flexibility index (Phi) is 6.29. The maximum Gasteiger partial charge on any atom is 0.0586 e. The van der Waals surface area contributed by atoms with Crippen LogP contribution in [0.1, 0.15) is 32.6 Å². The fourth-order valence-electron chi connectivity index (χ4n) is 3.34. The van der Waals surface area contributed by atoms with Crippen molar-refractivity contribution in [2.75, 3.05) is 44.3 Å². The molecule has 0 saturated carbocycles. The highest BCUT2D eigenvalue weighted by molar-refractivity contribution is 7.99. The Morgan fingerprint density at radius 2 is 1.83 bits per heavy atom. The van der Waals surface area contributed by atoms with Crippen molar-refractivity contribution in [1.29, 1.82) is 0 Å². The Bertz CT molecular complexity index is 240. The average molecular weight is 272 g/mol. The van der Waals surface area contributed by atoms with E-state index < -0.39 is 0 Å². The van der Waals surface area contributed by atoms with E-state index in [1.807, 2.05) is 11.8 Å². The van der Waals surface area contributed by atoms with E-state index in [0.29, 0.717) is 12.6 Å². The minimum Gasteiger partial charge on any atom is -0.395 e. The topological polar surface area (TPSA) is 26.7 Å². The normalized spacial score (nSPS) is 30.3. The number of hydrogen-bond acceptors (Lipinski definition) is 4. The number of nitrogens with zero attached hydrogens (tertiary/aromatic N) is 2. The Morgan fingerprint density at radius 3 is 2.56 bits per heavy atom.